The summed E-state index contributed by atoms with van der Waals surface area (Å²) in [7, 11) is 0. The second-order valence-corrected chi connectivity index (χ2v) is 22.3. The molecule has 0 bridgehead atoms. The molecule has 0 amide bonds. The summed E-state index contributed by atoms with van der Waals surface area (Å²) in [5.41, 5.74) is 0. The Kier molecular flexibility index (Phi) is 63.7. The van der Waals surface area contributed by atoms with Crippen LogP contribution in [0, 0.1) is 0 Å². The van der Waals surface area contributed by atoms with E-state index in [-0.39, 0.29) is 31.1 Å². The van der Waals surface area contributed by atoms with Crippen LogP contribution < -0.4 is 0 Å². The molecular weight excluding hydrogens is 973 g/mol. The van der Waals surface area contributed by atoms with Crippen molar-refractivity contribution in [2.24, 2.45) is 0 Å². The van der Waals surface area contributed by atoms with Crippen LogP contribution in [0.25, 0.3) is 0 Å². The van der Waals surface area contributed by atoms with Gasteiger partial charge in [0.05, 0.1) is 0 Å². The third-order valence-corrected chi connectivity index (χ3v) is 14.6. The molecule has 0 N–H and O–H groups in total. The van der Waals surface area contributed by atoms with E-state index in [1.54, 1.807) is 0 Å². The predicted octanol–water partition coefficient (Wildman–Crippen LogP) is 23.2. The van der Waals surface area contributed by atoms with Gasteiger partial charge in [0.15, 0.2) is 6.10 Å². The predicted molar refractivity (Wildman–Crippen MR) is 344 cm³/mol. The van der Waals surface area contributed by atoms with Gasteiger partial charge in [0.1, 0.15) is 13.2 Å². The fraction of sp³-hybridized carbons (Fsp3) is 0.740. The van der Waals surface area contributed by atoms with Crippen LogP contribution in [-0.2, 0) is 28.6 Å². The summed E-state index contributed by atoms with van der Waals surface area (Å²) < 4.78 is 17.0. The van der Waals surface area contributed by atoms with Crippen molar-refractivity contribution in [2.45, 2.75) is 335 Å². The largest absolute Gasteiger partial charge is 0.462 e. The lowest BCUT2D eigenvalue weighted by Gasteiger charge is -2.18. The molecule has 0 aromatic carbocycles. The fourth-order valence-electron chi connectivity index (χ4n) is 9.56. The standard InChI is InChI=1S/C73H126O6/c1-4-7-10-13-16-19-22-25-28-30-32-34-35-36-37-39-40-42-45-48-51-54-57-60-63-66-72(75)78-69-70(68-77-71(74)65-62-59-56-53-50-47-44-27-24-21-18-15-12-9-6-3)79-73(76)67-64-61-58-55-52-49-46-43-41-38-33-31-29-26-23-20-17-14-11-8-5-2/h7,9-10,12,16,18-19,21,25,27-28,31-34,44,70H,4-6,8,11,13-15,17,20,22-24,26,29-30,35-43,45-69H2,1-3H3/b10-7-,12-9-,19-16-,21-18-,28-25-,33-31-,34-32-,44-27-. The third kappa shape index (κ3) is 65.0. The summed E-state index contributed by atoms with van der Waals surface area (Å²) in [6.07, 6.45) is 89.9. The van der Waals surface area contributed by atoms with Gasteiger partial charge < -0.3 is 14.2 Å². The highest BCUT2D eigenvalue weighted by atomic mass is 16.6. The number of esters is 3. The molecule has 79 heavy (non-hydrogen) atoms. The van der Waals surface area contributed by atoms with E-state index in [0.717, 1.165) is 122 Å². The smallest absolute Gasteiger partial charge is 0.306 e. The maximum absolute atomic E-state index is 12.9. The Balaban J connectivity index is 4.34. The first-order valence-electron chi connectivity index (χ1n) is 33.7. The van der Waals surface area contributed by atoms with Crippen LogP contribution in [0.15, 0.2) is 97.2 Å². The maximum atomic E-state index is 12.9. The molecule has 0 fully saturated rings. The van der Waals surface area contributed by atoms with Gasteiger partial charge >= 0.3 is 17.9 Å². The first-order valence-corrected chi connectivity index (χ1v) is 33.7. The lowest BCUT2D eigenvalue weighted by atomic mass is 10.0. The quantitative estimate of drug-likeness (QED) is 0.0261. The van der Waals surface area contributed by atoms with E-state index in [4.69, 9.17) is 14.2 Å². The van der Waals surface area contributed by atoms with Crippen molar-refractivity contribution < 1.29 is 28.6 Å². The molecule has 6 heteroatoms. The van der Waals surface area contributed by atoms with Crippen molar-refractivity contribution >= 4 is 17.9 Å². The summed E-state index contributed by atoms with van der Waals surface area (Å²) in [5, 5.41) is 0. The normalized spacial score (nSPS) is 12.7. The Morgan fingerprint density at radius 1 is 0.266 bits per heavy atom. The molecule has 0 aliphatic heterocycles. The average molecular weight is 1100 g/mol. The zero-order valence-corrected chi connectivity index (χ0v) is 52.1. The molecule has 0 rings (SSSR count). The number of allylic oxidation sites excluding steroid dienone is 16. The Labute approximate surface area is 489 Å². The van der Waals surface area contributed by atoms with E-state index in [9.17, 15) is 14.4 Å². The highest BCUT2D eigenvalue weighted by molar-refractivity contribution is 5.71. The Bertz CT molecular complexity index is 1540. The third-order valence-electron chi connectivity index (χ3n) is 14.6. The maximum Gasteiger partial charge on any atom is 0.306 e. The monoisotopic (exact) mass is 1100 g/mol. The zero-order valence-electron chi connectivity index (χ0n) is 52.1. The number of ether oxygens (including phenoxy) is 3. The zero-order chi connectivity index (χ0) is 57.1. The number of carbonyl (C=O) groups excluding carboxylic acids is 3. The first kappa shape index (κ1) is 75.3. The second kappa shape index (κ2) is 66.8. The minimum absolute atomic E-state index is 0.0836. The van der Waals surface area contributed by atoms with Crippen LogP contribution in [0.4, 0.5) is 0 Å². The van der Waals surface area contributed by atoms with Crippen molar-refractivity contribution in [2.75, 3.05) is 13.2 Å². The molecule has 0 aromatic heterocycles. The Morgan fingerprint density at radius 2 is 0.494 bits per heavy atom. The van der Waals surface area contributed by atoms with Crippen LogP contribution in [-0.4, -0.2) is 37.2 Å². The van der Waals surface area contributed by atoms with Crippen LogP contribution in [0.3, 0.4) is 0 Å². The number of hydrogen-bond donors (Lipinski definition) is 0. The minimum Gasteiger partial charge on any atom is -0.462 e. The number of unbranched alkanes of at least 4 members (excludes halogenated alkanes) is 34. The van der Waals surface area contributed by atoms with Crippen molar-refractivity contribution in [1.29, 1.82) is 0 Å². The van der Waals surface area contributed by atoms with Gasteiger partial charge in [0, 0.05) is 19.3 Å². The van der Waals surface area contributed by atoms with E-state index in [1.165, 1.54) is 167 Å². The number of rotatable bonds is 61. The molecule has 1 atom stereocenters. The number of carbonyl (C=O) groups is 3. The first-order chi connectivity index (χ1) is 39.0. The molecule has 454 valence electrons. The van der Waals surface area contributed by atoms with Crippen molar-refractivity contribution in [3.63, 3.8) is 0 Å². The van der Waals surface area contributed by atoms with Gasteiger partial charge in [0.2, 0.25) is 0 Å². The lowest BCUT2D eigenvalue weighted by molar-refractivity contribution is -0.167. The Hall–Kier alpha value is -3.67. The van der Waals surface area contributed by atoms with Crippen LogP contribution >= 0.6 is 0 Å². The SMILES string of the molecule is CC/C=C\C/C=C\C/C=C\C/C=C\CCCCCCCCCCCCCCC(=O)OCC(COC(=O)CCCCCCC/C=C\C/C=C\C/C=C\CC)OC(=O)CCCCCCCCCCC/C=C\CCCCCCCCCC. The van der Waals surface area contributed by atoms with Crippen molar-refractivity contribution in [1.82, 2.24) is 0 Å². The van der Waals surface area contributed by atoms with Crippen LogP contribution in [0.1, 0.15) is 329 Å². The molecule has 0 heterocycles. The summed E-state index contributed by atoms with van der Waals surface area (Å²) in [6.45, 7) is 6.44. The molecule has 0 aliphatic carbocycles. The molecule has 0 radical (unpaired) electrons. The van der Waals surface area contributed by atoms with Gasteiger partial charge in [-0.05, 0) is 116 Å². The highest BCUT2D eigenvalue weighted by Crippen LogP contribution is 2.17. The van der Waals surface area contributed by atoms with Gasteiger partial charge in [-0.3, -0.25) is 14.4 Å². The molecule has 0 saturated carbocycles. The average Bonchev–Trinajstić information content (AvgIpc) is 3.45. The van der Waals surface area contributed by atoms with Gasteiger partial charge in [-0.2, -0.15) is 0 Å². The highest BCUT2D eigenvalue weighted by Gasteiger charge is 2.19. The second-order valence-electron chi connectivity index (χ2n) is 22.3. The molecule has 0 spiro atoms. The summed E-state index contributed by atoms with van der Waals surface area (Å²) in [5.74, 6) is -0.891. The van der Waals surface area contributed by atoms with Gasteiger partial charge in [-0.1, -0.05) is 291 Å². The van der Waals surface area contributed by atoms with E-state index < -0.39 is 6.10 Å². The van der Waals surface area contributed by atoms with E-state index in [0.29, 0.717) is 19.3 Å². The molecule has 6 nitrogen and oxygen atoms in total. The van der Waals surface area contributed by atoms with Crippen molar-refractivity contribution in [3.05, 3.63) is 97.2 Å². The van der Waals surface area contributed by atoms with Crippen LogP contribution in [0.5, 0.6) is 0 Å². The Morgan fingerprint density at radius 3 is 0.785 bits per heavy atom. The summed E-state index contributed by atoms with van der Waals surface area (Å²) >= 11 is 0. The lowest BCUT2D eigenvalue weighted by Crippen LogP contribution is -2.30. The van der Waals surface area contributed by atoms with E-state index in [1.807, 2.05) is 0 Å². The molecule has 0 aromatic rings. The fourth-order valence-corrected chi connectivity index (χ4v) is 9.56. The molecule has 0 aliphatic rings. The minimum atomic E-state index is -0.789. The van der Waals surface area contributed by atoms with Crippen LogP contribution in [0.2, 0.25) is 0 Å². The van der Waals surface area contributed by atoms with Gasteiger partial charge in [-0.15, -0.1) is 0 Å². The number of hydrogen-bond acceptors (Lipinski definition) is 6. The summed E-state index contributed by atoms with van der Waals surface area (Å²) in [4.78, 5) is 38.4. The van der Waals surface area contributed by atoms with Crippen molar-refractivity contribution in [3.8, 4) is 0 Å². The van der Waals surface area contributed by atoms with E-state index in [2.05, 4.69) is 118 Å². The molecule has 0 saturated heterocycles. The summed E-state index contributed by atoms with van der Waals surface area (Å²) in [6, 6.07) is 0. The molecular formula is C73H126O6. The van der Waals surface area contributed by atoms with Gasteiger partial charge in [0.25, 0.3) is 0 Å². The topological polar surface area (TPSA) is 78.9 Å². The van der Waals surface area contributed by atoms with Gasteiger partial charge in [-0.25, -0.2) is 0 Å². The van der Waals surface area contributed by atoms with E-state index >= 15 is 0 Å². The molecule has 1 unspecified atom stereocenters.